The lowest BCUT2D eigenvalue weighted by molar-refractivity contribution is 0.0698. The molecule has 8 heteroatoms. The van der Waals surface area contributed by atoms with Crippen molar-refractivity contribution in [1.29, 1.82) is 0 Å². The number of rotatable bonds is 3. The summed E-state index contributed by atoms with van der Waals surface area (Å²) in [4.78, 5) is 27.0. The minimum Gasteiger partial charge on any atom is -0.478 e. The average molecular weight is 346 g/mol. The van der Waals surface area contributed by atoms with Crippen LogP contribution in [0.4, 0.5) is 5.69 Å². The van der Waals surface area contributed by atoms with Crippen LogP contribution >= 0.6 is 34.8 Å². The van der Waals surface area contributed by atoms with E-state index in [4.69, 9.17) is 39.9 Å². The quantitative estimate of drug-likeness (QED) is 0.824. The molecule has 0 radical (unpaired) electrons. The number of carboxylic acids is 1. The number of carbonyl (C=O) groups excluding carboxylic acids is 1. The third-order valence-electron chi connectivity index (χ3n) is 2.53. The summed E-state index contributed by atoms with van der Waals surface area (Å²) in [6.07, 6.45) is 1.23. The van der Waals surface area contributed by atoms with E-state index in [1.165, 1.54) is 30.5 Å². The van der Waals surface area contributed by atoms with Crippen LogP contribution in [0.2, 0.25) is 15.2 Å². The SMILES string of the molecule is O=C(Nc1cccc(Cl)c1C(=O)O)c1cnc(Cl)c(Cl)c1. The molecule has 1 aromatic heterocycles. The number of benzene rings is 1. The van der Waals surface area contributed by atoms with Crippen molar-refractivity contribution in [2.24, 2.45) is 0 Å². The fourth-order valence-electron chi connectivity index (χ4n) is 1.59. The highest BCUT2D eigenvalue weighted by atomic mass is 35.5. The molecule has 0 aliphatic rings. The predicted octanol–water partition coefficient (Wildman–Crippen LogP) is 3.99. The molecule has 2 rings (SSSR count). The number of carboxylic acid groups (broad SMARTS) is 1. The monoisotopic (exact) mass is 344 g/mol. The van der Waals surface area contributed by atoms with E-state index < -0.39 is 11.9 Å². The smallest absolute Gasteiger partial charge is 0.339 e. The number of nitrogens with zero attached hydrogens (tertiary/aromatic N) is 1. The molecule has 0 spiro atoms. The number of hydrogen-bond acceptors (Lipinski definition) is 3. The van der Waals surface area contributed by atoms with Crippen molar-refractivity contribution in [3.8, 4) is 0 Å². The number of carbonyl (C=O) groups is 2. The van der Waals surface area contributed by atoms with Gasteiger partial charge in [-0.15, -0.1) is 0 Å². The number of hydrogen-bond donors (Lipinski definition) is 2. The van der Waals surface area contributed by atoms with E-state index in [2.05, 4.69) is 10.3 Å². The minimum absolute atomic E-state index is 0.0209. The van der Waals surface area contributed by atoms with Gasteiger partial charge in [-0.1, -0.05) is 40.9 Å². The Morgan fingerprint density at radius 2 is 1.86 bits per heavy atom. The fourth-order valence-corrected chi connectivity index (χ4v) is 2.11. The first-order chi connectivity index (χ1) is 9.90. The van der Waals surface area contributed by atoms with Crippen LogP contribution in [0.15, 0.2) is 30.5 Å². The Morgan fingerprint density at radius 1 is 1.14 bits per heavy atom. The van der Waals surface area contributed by atoms with Gasteiger partial charge in [0.2, 0.25) is 0 Å². The molecule has 2 aromatic rings. The molecule has 0 atom stereocenters. The van der Waals surface area contributed by atoms with Crippen molar-refractivity contribution in [3.05, 3.63) is 56.8 Å². The van der Waals surface area contributed by atoms with Crippen molar-refractivity contribution in [2.45, 2.75) is 0 Å². The van der Waals surface area contributed by atoms with Gasteiger partial charge in [-0.25, -0.2) is 9.78 Å². The van der Waals surface area contributed by atoms with E-state index in [1.807, 2.05) is 0 Å². The van der Waals surface area contributed by atoms with E-state index in [0.29, 0.717) is 0 Å². The molecule has 0 saturated heterocycles. The summed E-state index contributed by atoms with van der Waals surface area (Å²) < 4.78 is 0. The van der Waals surface area contributed by atoms with Gasteiger partial charge < -0.3 is 10.4 Å². The number of amides is 1. The number of pyridine rings is 1. The van der Waals surface area contributed by atoms with Crippen LogP contribution in [-0.2, 0) is 0 Å². The van der Waals surface area contributed by atoms with Crippen LogP contribution in [0.5, 0.6) is 0 Å². The number of aromatic carboxylic acids is 1. The summed E-state index contributed by atoms with van der Waals surface area (Å²) in [5.41, 5.74) is 0.0207. The summed E-state index contributed by atoms with van der Waals surface area (Å²) in [6.45, 7) is 0. The van der Waals surface area contributed by atoms with Gasteiger partial charge >= 0.3 is 5.97 Å². The Hall–Kier alpha value is -1.82. The van der Waals surface area contributed by atoms with Gasteiger partial charge in [-0.2, -0.15) is 0 Å². The molecule has 2 N–H and O–H groups in total. The first-order valence-electron chi connectivity index (χ1n) is 5.54. The largest absolute Gasteiger partial charge is 0.478 e. The van der Waals surface area contributed by atoms with Crippen molar-refractivity contribution < 1.29 is 14.7 Å². The highest BCUT2D eigenvalue weighted by molar-refractivity contribution is 6.41. The molecule has 1 heterocycles. The van der Waals surface area contributed by atoms with Crippen LogP contribution < -0.4 is 5.32 Å². The molecule has 1 aromatic carbocycles. The molecule has 108 valence electrons. The number of halogens is 3. The highest BCUT2D eigenvalue weighted by Gasteiger charge is 2.17. The Kier molecular flexibility index (Phi) is 4.67. The first kappa shape index (κ1) is 15.6. The lowest BCUT2D eigenvalue weighted by atomic mass is 10.1. The van der Waals surface area contributed by atoms with E-state index in [1.54, 1.807) is 0 Å². The molecule has 0 saturated carbocycles. The summed E-state index contributed by atoms with van der Waals surface area (Å²) in [5, 5.41) is 11.8. The van der Waals surface area contributed by atoms with Crippen molar-refractivity contribution in [2.75, 3.05) is 5.32 Å². The topological polar surface area (TPSA) is 79.3 Å². The zero-order valence-corrected chi connectivity index (χ0v) is 12.5. The summed E-state index contributed by atoms with van der Waals surface area (Å²) in [6, 6.07) is 5.70. The van der Waals surface area contributed by atoms with Gasteiger partial charge in [0, 0.05) is 6.20 Å². The Morgan fingerprint density at radius 3 is 2.48 bits per heavy atom. The van der Waals surface area contributed by atoms with Crippen LogP contribution in [0.1, 0.15) is 20.7 Å². The fraction of sp³-hybridized carbons (Fsp3) is 0. The molecule has 5 nitrogen and oxygen atoms in total. The standard InChI is InChI=1S/C13H7Cl3N2O3/c14-7-2-1-3-9(10(7)13(20)21)18-12(19)6-4-8(15)11(16)17-5-6/h1-5H,(H,18,19)(H,20,21). The molecule has 0 unspecified atom stereocenters. The Bertz CT molecular complexity index is 735. The van der Waals surface area contributed by atoms with Gasteiger partial charge in [-0.3, -0.25) is 4.79 Å². The predicted molar refractivity (Wildman–Crippen MR) is 80.6 cm³/mol. The summed E-state index contributed by atoms with van der Waals surface area (Å²) >= 11 is 17.3. The van der Waals surface area contributed by atoms with Crippen LogP contribution in [-0.4, -0.2) is 22.0 Å². The maximum Gasteiger partial charge on any atom is 0.339 e. The van der Waals surface area contributed by atoms with Crippen LogP contribution in [0, 0.1) is 0 Å². The van der Waals surface area contributed by atoms with Gasteiger partial charge in [-0.05, 0) is 18.2 Å². The van der Waals surface area contributed by atoms with Gasteiger partial charge in [0.05, 0.1) is 21.3 Å². The average Bonchev–Trinajstić information content (AvgIpc) is 2.41. The summed E-state index contributed by atoms with van der Waals surface area (Å²) in [5.74, 6) is -1.83. The third kappa shape index (κ3) is 3.44. The second-order valence-electron chi connectivity index (χ2n) is 3.92. The lowest BCUT2D eigenvalue weighted by Crippen LogP contribution is -2.15. The maximum atomic E-state index is 12.1. The normalized spacial score (nSPS) is 10.2. The van der Waals surface area contributed by atoms with Crippen molar-refractivity contribution >= 4 is 52.4 Å². The maximum absolute atomic E-state index is 12.1. The van der Waals surface area contributed by atoms with Crippen LogP contribution in [0.3, 0.4) is 0 Å². The van der Waals surface area contributed by atoms with E-state index in [9.17, 15) is 9.59 Å². The first-order valence-corrected chi connectivity index (χ1v) is 6.67. The number of nitrogens with one attached hydrogen (secondary N) is 1. The second-order valence-corrected chi connectivity index (χ2v) is 5.09. The Labute approximate surface area is 134 Å². The molecule has 0 bridgehead atoms. The zero-order valence-electron chi connectivity index (χ0n) is 10.2. The number of aromatic nitrogens is 1. The Balaban J connectivity index is 2.34. The summed E-state index contributed by atoms with van der Waals surface area (Å²) in [7, 11) is 0. The zero-order chi connectivity index (χ0) is 15.6. The molecular formula is C13H7Cl3N2O3. The van der Waals surface area contributed by atoms with Crippen LogP contribution in [0.25, 0.3) is 0 Å². The van der Waals surface area contributed by atoms with Crippen molar-refractivity contribution in [3.63, 3.8) is 0 Å². The number of anilines is 1. The minimum atomic E-state index is -1.25. The third-order valence-corrected chi connectivity index (χ3v) is 3.54. The molecular weight excluding hydrogens is 339 g/mol. The molecule has 0 fully saturated rings. The molecule has 1 amide bonds. The second kappa shape index (κ2) is 6.30. The van der Waals surface area contributed by atoms with Gasteiger partial charge in [0.15, 0.2) is 0 Å². The van der Waals surface area contributed by atoms with E-state index in [-0.39, 0.29) is 32.0 Å². The van der Waals surface area contributed by atoms with Crippen molar-refractivity contribution in [1.82, 2.24) is 4.98 Å². The molecule has 0 aliphatic carbocycles. The molecule has 0 aliphatic heterocycles. The molecule has 21 heavy (non-hydrogen) atoms. The van der Waals surface area contributed by atoms with Gasteiger partial charge in [0.1, 0.15) is 10.7 Å². The highest BCUT2D eigenvalue weighted by Crippen LogP contribution is 2.25. The van der Waals surface area contributed by atoms with E-state index in [0.717, 1.165) is 0 Å². The van der Waals surface area contributed by atoms with E-state index >= 15 is 0 Å². The van der Waals surface area contributed by atoms with Gasteiger partial charge in [0.25, 0.3) is 5.91 Å². The lowest BCUT2D eigenvalue weighted by Gasteiger charge is -2.09.